The molecule has 5 nitrogen and oxygen atoms in total. The van der Waals surface area contributed by atoms with Crippen molar-refractivity contribution in [3.63, 3.8) is 0 Å². The molecule has 1 aliphatic heterocycles. The van der Waals surface area contributed by atoms with E-state index in [-0.39, 0.29) is 5.92 Å². The lowest BCUT2D eigenvalue weighted by Gasteiger charge is -2.32. The molecule has 1 saturated heterocycles. The molecule has 2 aromatic heterocycles. The number of piperidine rings is 1. The van der Waals surface area contributed by atoms with E-state index in [1.54, 1.807) is 0 Å². The number of hydrogen-bond acceptors (Lipinski definition) is 3. The zero-order valence-electron chi connectivity index (χ0n) is 12.7. The molecule has 8 heteroatoms. The topological polar surface area (TPSA) is 60.6 Å². The minimum atomic E-state index is -4.38. The third-order valence-corrected chi connectivity index (χ3v) is 4.33. The lowest BCUT2D eigenvalue weighted by molar-refractivity contribution is -0.141. The van der Waals surface area contributed by atoms with Crippen molar-refractivity contribution < 1.29 is 13.2 Å². The Balaban J connectivity index is 1.52. The van der Waals surface area contributed by atoms with E-state index in [0.717, 1.165) is 51.4 Å². The van der Waals surface area contributed by atoms with Crippen LogP contribution in [0.25, 0.3) is 0 Å². The van der Waals surface area contributed by atoms with E-state index in [9.17, 15) is 13.2 Å². The number of aromatic amines is 2. The number of aryl methyl sites for hydroxylation is 1. The number of nitrogens with zero attached hydrogens (tertiary/aromatic N) is 3. The van der Waals surface area contributed by atoms with Gasteiger partial charge in [0, 0.05) is 24.4 Å². The number of nitrogens with one attached hydrogen (secondary N) is 2. The Bertz CT molecular complexity index is 605. The van der Waals surface area contributed by atoms with Gasteiger partial charge in [-0.05, 0) is 50.4 Å². The first-order valence-electron chi connectivity index (χ1n) is 7.85. The van der Waals surface area contributed by atoms with Crippen molar-refractivity contribution in [3.05, 3.63) is 35.4 Å². The van der Waals surface area contributed by atoms with Gasteiger partial charge >= 0.3 is 6.18 Å². The molecule has 126 valence electrons. The van der Waals surface area contributed by atoms with Gasteiger partial charge < -0.3 is 4.90 Å². The van der Waals surface area contributed by atoms with Gasteiger partial charge in [-0.3, -0.25) is 10.2 Å². The summed E-state index contributed by atoms with van der Waals surface area (Å²) in [7, 11) is 0. The van der Waals surface area contributed by atoms with E-state index in [1.807, 2.05) is 12.4 Å². The number of halogens is 3. The highest BCUT2D eigenvalue weighted by atomic mass is 19.4. The molecule has 0 bridgehead atoms. The van der Waals surface area contributed by atoms with Gasteiger partial charge in [0.2, 0.25) is 0 Å². The highest BCUT2D eigenvalue weighted by Gasteiger charge is 2.35. The SMILES string of the molecule is FC(F)(F)c1cc(C2CCCN(CCCc3cn[nH]c3)C2)[nH]n1. The maximum Gasteiger partial charge on any atom is 0.435 e. The van der Waals surface area contributed by atoms with Crippen molar-refractivity contribution >= 4 is 0 Å². The van der Waals surface area contributed by atoms with Gasteiger partial charge in [-0.15, -0.1) is 0 Å². The van der Waals surface area contributed by atoms with E-state index < -0.39 is 11.9 Å². The third-order valence-electron chi connectivity index (χ3n) is 4.33. The molecule has 3 heterocycles. The Morgan fingerprint density at radius 3 is 2.91 bits per heavy atom. The van der Waals surface area contributed by atoms with Crippen molar-refractivity contribution in [1.29, 1.82) is 0 Å². The molecule has 0 radical (unpaired) electrons. The molecule has 2 aromatic rings. The van der Waals surface area contributed by atoms with Crippen LogP contribution < -0.4 is 0 Å². The Labute approximate surface area is 132 Å². The second kappa shape index (κ2) is 6.74. The first kappa shape index (κ1) is 16.0. The van der Waals surface area contributed by atoms with E-state index >= 15 is 0 Å². The van der Waals surface area contributed by atoms with Gasteiger partial charge in [0.05, 0.1) is 6.20 Å². The van der Waals surface area contributed by atoms with E-state index in [1.165, 1.54) is 5.56 Å². The Hall–Kier alpha value is -1.83. The van der Waals surface area contributed by atoms with Crippen LogP contribution in [-0.4, -0.2) is 44.9 Å². The summed E-state index contributed by atoms with van der Waals surface area (Å²) in [5, 5.41) is 12.7. The molecular formula is C15H20F3N5. The predicted octanol–water partition coefficient (Wildman–Crippen LogP) is 2.96. The molecule has 1 fully saturated rings. The second-order valence-corrected chi connectivity index (χ2v) is 6.06. The summed E-state index contributed by atoms with van der Waals surface area (Å²) in [4.78, 5) is 2.32. The molecule has 0 aliphatic carbocycles. The molecule has 23 heavy (non-hydrogen) atoms. The fraction of sp³-hybridized carbons (Fsp3) is 0.600. The van der Waals surface area contributed by atoms with Crippen LogP contribution in [0.1, 0.15) is 42.1 Å². The highest BCUT2D eigenvalue weighted by molar-refractivity contribution is 5.16. The van der Waals surface area contributed by atoms with Crippen LogP contribution in [0.5, 0.6) is 0 Å². The molecule has 1 atom stereocenters. The summed E-state index contributed by atoms with van der Waals surface area (Å²) in [6.45, 7) is 2.73. The number of rotatable bonds is 5. The Morgan fingerprint density at radius 2 is 2.22 bits per heavy atom. The molecule has 0 spiro atoms. The standard InChI is InChI=1S/C15H20F3N5/c16-15(17,18)14-7-13(21-22-14)12-4-2-6-23(10-12)5-1-3-11-8-19-20-9-11/h7-9,12H,1-6,10H2,(H,19,20)(H,21,22). The molecule has 1 unspecified atom stereocenters. The van der Waals surface area contributed by atoms with Gasteiger partial charge in [0.1, 0.15) is 0 Å². The van der Waals surface area contributed by atoms with Gasteiger partial charge in [-0.1, -0.05) is 0 Å². The Kier molecular flexibility index (Phi) is 4.70. The normalized spacial score (nSPS) is 20.0. The van der Waals surface area contributed by atoms with E-state index in [4.69, 9.17) is 0 Å². The molecule has 1 aliphatic rings. The summed E-state index contributed by atoms with van der Waals surface area (Å²) in [5.41, 5.74) is 0.948. The smallest absolute Gasteiger partial charge is 0.303 e. The summed E-state index contributed by atoms with van der Waals surface area (Å²) in [6, 6.07) is 1.15. The number of H-pyrrole nitrogens is 2. The van der Waals surface area contributed by atoms with Gasteiger partial charge in [0.15, 0.2) is 5.69 Å². The van der Waals surface area contributed by atoms with E-state index in [0.29, 0.717) is 5.69 Å². The maximum absolute atomic E-state index is 12.6. The molecule has 3 rings (SSSR count). The third kappa shape index (κ3) is 4.13. The average molecular weight is 327 g/mol. The maximum atomic E-state index is 12.6. The molecule has 0 amide bonds. The van der Waals surface area contributed by atoms with Crippen LogP contribution in [0, 0.1) is 0 Å². The van der Waals surface area contributed by atoms with Crippen molar-refractivity contribution in [2.75, 3.05) is 19.6 Å². The highest BCUT2D eigenvalue weighted by Crippen LogP contribution is 2.32. The average Bonchev–Trinajstić information content (AvgIpc) is 3.18. The molecule has 2 N–H and O–H groups in total. The van der Waals surface area contributed by atoms with Crippen LogP contribution in [0.3, 0.4) is 0 Å². The monoisotopic (exact) mass is 327 g/mol. The van der Waals surface area contributed by atoms with Crippen molar-refractivity contribution in [1.82, 2.24) is 25.3 Å². The summed E-state index contributed by atoms with van der Waals surface area (Å²) < 4.78 is 37.9. The minimum absolute atomic E-state index is 0.0984. The van der Waals surface area contributed by atoms with Crippen LogP contribution >= 0.6 is 0 Å². The zero-order valence-corrected chi connectivity index (χ0v) is 12.7. The summed E-state index contributed by atoms with van der Waals surface area (Å²) >= 11 is 0. The summed E-state index contributed by atoms with van der Waals surface area (Å²) in [5.74, 6) is 0.0984. The second-order valence-electron chi connectivity index (χ2n) is 6.06. The van der Waals surface area contributed by atoms with Crippen LogP contribution in [-0.2, 0) is 12.6 Å². The molecular weight excluding hydrogens is 307 g/mol. The molecule has 0 aromatic carbocycles. The summed E-state index contributed by atoms with van der Waals surface area (Å²) in [6.07, 6.45) is 3.20. The number of hydrogen-bond donors (Lipinski definition) is 2. The van der Waals surface area contributed by atoms with Crippen molar-refractivity contribution in [3.8, 4) is 0 Å². The predicted molar refractivity (Wildman–Crippen MR) is 78.9 cm³/mol. The first-order chi connectivity index (χ1) is 11.0. The largest absolute Gasteiger partial charge is 0.435 e. The fourth-order valence-electron chi connectivity index (χ4n) is 3.12. The number of aromatic nitrogens is 4. The van der Waals surface area contributed by atoms with Gasteiger partial charge in [0.25, 0.3) is 0 Å². The fourth-order valence-corrected chi connectivity index (χ4v) is 3.12. The van der Waals surface area contributed by atoms with Crippen LogP contribution in [0.2, 0.25) is 0 Å². The van der Waals surface area contributed by atoms with E-state index in [2.05, 4.69) is 25.3 Å². The number of likely N-dealkylation sites (tertiary alicyclic amines) is 1. The lowest BCUT2D eigenvalue weighted by atomic mass is 9.94. The molecule has 0 saturated carbocycles. The van der Waals surface area contributed by atoms with Crippen molar-refractivity contribution in [2.45, 2.75) is 37.8 Å². The quantitative estimate of drug-likeness (QED) is 0.887. The minimum Gasteiger partial charge on any atom is -0.303 e. The number of alkyl halides is 3. The first-order valence-corrected chi connectivity index (χ1v) is 7.85. The van der Waals surface area contributed by atoms with Crippen molar-refractivity contribution in [2.24, 2.45) is 0 Å². The van der Waals surface area contributed by atoms with Gasteiger partial charge in [-0.2, -0.15) is 23.4 Å². The Morgan fingerprint density at radius 1 is 1.35 bits per heavy atom. The zero-order chi connectivity index (χ0) is 16.3. The lowest BCUT2D eigenvalue weighted by Crippen LogP contribution is -2.35. The van der Waals surface area contributed by atoms with Crippen LogP contribution in [0.15, 0.2) is 18.5 Å². The van der Waals surface area contributed by atoms with Gasteiger partial charge in [-0.25, -0.2) is 0 Å². The van der Waals surface area contributed by atoms with Crippen LogP contribution in [0.4, 0.5) is 13.2 Å².